The lowest BCUT2D eigenvalue weighted by atomic mass is 9.72. The van der Waals surface area contributed by atoms with Gasteiger partial charge in [-0.25, -0.2) is 0 Å². The maximum absolute atomic E-state index is 12.9. The number of carbonyl (C=O) groups is 1. The molecule has 1 fully saturated rings. The third-order valence-corrected chi connectivity index (χ3v) is 6.86. The minimum atomic E-state index is -0.351. The number of carbonyl (C=O) groups excluding carboxylic acids is 1. The molecule has 0 aliphatic carbocycles. The van der Waals surface area contributed by atoms with Crippen LogP contribution in [-0.2, 0) is 23.1 Å². The second kappa shape index (κ2) is 10.0. The largest absolute Gasteiger partial charge is 0.343 e. The van der Waals surface area contributed by atoms with Gasteiger partial charge < -0.3 is 9.42 Å². The van der Waals surface area contributed by atoms with Crippen LogP contribution in [0.15, 0.2) is 95.5 Å². The number of benzene rings is 3. The van der Waals surface area contributed by atoms with Gasteiger partial charge in [-0.1, -0.05) is 96.2 Å². The lowest BCUT2D eigenvalue weighted by Gasteiger charge is -2.40. The molecule has 0 saturated carbocycles. The van der Waals surface area contributed by atoms with E-state index in [0.717, 1.165) is 30.7 Å². The fourth-order valence-corrected chi connectivity index (χ4v) is 4.88. The Morgan fingerprint density at radius 2 is 1.41 bits per heavy atom. The van der Waals surface area contributed by atoms with Crippen molar-refractivity contribution in [1.82, 2.24) is 15.0 Å². The molecule has 0 unspecified atom stereocenters. The fraction of sp³-hybridized carbons (Fsp3) is 0.276. The summed E-state index contributed by atoms with van der Waals surface area (Å²) in [5, 5.41) is 4.44. The summed E-state index contributed by atoms with van der Waals surface area (Å²) in [6, 6.07) is 30.8. The van der Waals surface area contributed by atoms with Gasteiger partial charge in [-0.15, -0.1) is 0 Å². The SMILES string of the molecule is O=C(CCc1ccccc1)N1CCC(c2ccccc2)(c2noc(Cc3ccccc3)n2)CC1. The van der Waals surface area contributed by atoms with Crippen LogP contribution in [0.25, 0.3) is 0 Å². The Labute approximate surface area is 200 Å². The van der Waals surface area contributed by atoms with Crippen LogP contribution in [-0.4, -0.2) is 34.0 Å². The average Bonchev–Trinajstić information content (AvgIpc) is 3.38. The lowest BCUT2D eigenvalue weighted by molar-refractivity contribution is -0.132. The molecule has 0 atom stereocenters. The van der Waals surface area contributed by atoms with E-state index < -0.39 is 0 Å². The number of aromatic nitrogens is 2. The number of nitrogens with zero attached hydrogens (tertiary/aromatic N) is 3. The molecule has 5 nitrogen and oxygen atoms in total. The topological polar surface area (TPSA) is 59.2 Å². The number of likely N-dealkylation sites (tertiary alicyclic amines) is 1. The average molecular weight is 452 g/mol. The minimum absolute atomic E-state index is 0.211. The first-order valence-electron chi connectivity index (χ1n) is 12.0. The number of hydrogen-bond acceptors (Lipinski definition) is 4. The zero-order valence-corrected chi connectivity index (χ0v) is 19.3. The van der Waals surface area contributed by atoms with Gasteiger partial charge in [0.05, 0.1) is 11.8 Å². The highest BCUT2D eigenvalue weighted by atomic mass is 16.5. The van der Waals surface area contributed by atoms with Crippen LogP contribution in [0.1, 0.15) is 47.7 Å². The number of rotatable bonds is 7. The van der Waals surface area contributed by atoms with Crippen molar-refractivity contribution >= 4 is 5.91 Å². The van der Waals surface area contributed by atoms with Crippen molar-refractivity contribution in [2.45, 2.75) is 37.5 Å². The van der Waals surface area contributed by atoms with Crippen LogP contribution in [0.4, 0.5) is 0 Å². The van der Waals surface area contributed by atoms with Crippen LogP contribution in [0, 0.1) is 0 Å². The van der Waals surface area contributed by atoms with Crippen molar-refractivity contribution in [2.24, 2.45) is 0 Å². The van der Waals surface area contributed by atoms with E-state index in [-0.39, 0.29) is 11.3 Å². The molecule has 0 spiro atoms. The molecule has 5 rings (SSSR count). The van der Waals surface area contributed by atoms with Crippen molar-refractivity contribution in [3.05, 3.63) is 119 Å². The van der Waals surface area contributed by atoms with Crippen molar-refractivity contribution in [2.75, 3.05) is 13.1 Å². The predicted octanol–water partition coefficient (Wildman–Crippen LogP) is 5.20. The van der Waals surface area contributed by atoms with E-state index in [0.29, 0.717) is 31.8 Å². The molecule has 4 aromatic rings. The maximum Gasteiger partial charge on any atom is 0.231 e. The van der Waals surface area contributed by atoms with E-state index in [1.807, 2.05) is 47.4 Å². The van der Waals surface area contributed by atoms with Crippen LogP contribution in [0.2, 0.25) is 0 Å². The van der Waals surface area contributed by atoms with Gasteiger partial charge in [-0.3, -0.25) is 4.79 Å². The van der Waals surface area contributed by atoms with Crippen molar-refractivity contribution in [3.8, 4) is 0 Å². The molecule has 1 aliphatic rings. The van der Waals surface area contributed by atoms with Gasteiger partial charge in [0.2, 0.25) is 11.8 Å². The summed E-state index contributed by atoms with van der Waals surface area (Å²) >= 11 is 0. The van der Waals surface area contributed by atoms with Crippen LogP contribution in [0.5, 0.6) is 0 Å². The van der Waals surface area contributed by atoms with Gasteiger partial charge in [0.25, 0.3) is 0 Å². The Kier molecular flexibility index (Phi) is 6.52. The van der Waals surface area contributed by atoms with E-state index in [4.69, 9.17) is 9.51 Å². The Morgan fingerprint density at radius 3 is 2.06 bits per heavy atom. The Balaban J connectivity index is 1.32. The lowest BCUT2D eigenvalue weighted by Crippen LogP contribution is -2.46. The minimum Gasteiger partial charge on any atom is -0.343 e. The molecule has 1 amide bonds. The summed E-state index contributed by atoms with van der Waals surface area (Å²) in [6.45, 7) is 1.37. The summed E-state index contributed by atoms with van der Waals surface area (Å²) in [6.07, 6.45) is 3.47. The third-order valence-electron chi connectivity index (χ3n) is 6.86. The molecular formula is C29H29N3O2. The quantitative estimate of drug-likeness (QED) is 0.387. The number of piperidine rings is 1. The molecule has 0 radical (unpaired) electrons. The molecule has 172 valence electrons. The highest BCUT2D eigenvalue weighted by Crippen LogP contribution is 2.40. The summed E-state index contributed by atoms with van der Waals surface area (Å²) in [5.41, 5.74) is 3.17. The molecule has 5 heteroatoms. The first kappa shape index (κ1) is 22.1. The van der Waals surface area contributed by atoms with E-state index in [1.54, 1.807) is 0 Å². The summed E-state index contributed by atoms with van der Waals surface area (Å²) in [7, 11) is 0. The standard InChI is InChI=1S/C29H29N3O2/c33-27(17-16-23-10-4-1-5-11-23)32-20-18-29(19-21-32,25-14-8-3-9-15-25)28-30-26(34-31-28)22-24-12-6-2-7-13-24/h1-15H,16-22H2. The molecular weight excluding hydrogens is 422 g/mol. The molecule has 0 bridgehead atoms. The molecule has 34 heavy (non-hydrogen) atoms. The third kappa shape index (κ3) is 4.79. The molecule has 1 aliphatic heterocycles. The highest BCUT2D eigenvalue weighted by Gasteiger charge is 2.42. The normalized spacial score (nSPS) is 15.2. The van der Waals surface area contributed by atoms with Crippen LogP contribution in [0.3, 0.4) is 0 Å². The Morgan fingerprint density at radius 1 is 0.824 bits per heavy atom. The summed E-state index contributed by atoms with van der Waals surface area (Å²) in [4.78, 5) is 19.8. The number of amides is 1. The zero-order chi connectivity index (χ0) is 23.2. The second-order valence-electron chi connectivity index (χ2n) is 8.99. The summed E-state index contributed by atoms with van der Waals surface area (Å²) < 4.78 is 5.69. The van der Waals surface area contributed by atoms with Gasteiger partial charge in [-0.2, -0.15) is 4.98 Å². The van der Waals surface area contributed by atoms with Gasteiger partial charge in [0, 0.05) is 19.5 Å². The molecule has 1 saturated heterocycles. The van der Waals surface area contributed by atoms with E-state index in [2.05, 4.69) is 53.7 Å². The summed E-state index contributed by atoms with van der Waals surface area (Å²) in [5.74, 6) is 1.56. The van der Waals surface area contributed by atoms with Crippen LogP contribution < -0.4 is 0 Å². The Hall–Kier alpha value is -3.73. The second-order valence-corrected chi connectivity index (χ2v) is 8.99. The monoisotopic (exact) mass is 451 g/mol. The number of aryl methyl sites for hydroxylation is 1. The smallest absolute Gasteiger partial charge is 0.231 e. The molecule has 1 aromatic heterocycles. The van der Waals surface area contributed by atoms with Crippen LogP contribution >= 0.6 is 0 Å². The molecule has 0 N–H and O–H groups in total. The van der Waals surface area contributed by atoms with Gasteiger partial charge in [0.15, 0.2) is 5.82 Å². The van der Waals surface area contributed by atoms with E-state index >= 15 is 0 Å². The van der Waals surface area contributed by atoms with Crippen molar-refractivity contribution in [1.29, 1.82) is 0 Å². The van der Waals surface area contributed by atoms with Gasteiger partial charge in [0.1, 0.15) is 0 Å². The van der Waals surface area contributed by atoms with Crippen molar-refractivity contribution in [3.63, 3.8) is 0 Å². The first-order valence-corrected chi connectivity index (χ1v) is 12.0. The van der Waals surface area contributed by atoms with Crippen molar-refractivity contribution < 1.29 is 9.32 Å². The molecule has 3 aromatic carbocycles. The number of hydrogen-bond donors (Lipinski definition) is 0. The fourth-order valence-electron chi connectivity index (χ4n) is 4.88. The highest BCUT2D eigenvalue weighted by molar-refractivity contribution is 5.76. The predicted molar refractivity (Wildman–Crippen MR) is 131 cm³/mol. The first-order chi connectivity index (χ1) is 16.7. The maximum atomic E-state index is 12.9. The van der Waals surface area contributed by atoms with Gasteiger partial charge in [-0.05, 0) is 36.0 Å². The Bertz CT molecular complexity index is 1200. The molecule has 2 heterocycles. The van der Waals surface area contributed by atoms with E-state index in [9.17, 15) is 4.79 Å². The van der Waals surface area contributed by atoms with Gasteiger partial charge >= 0.3 is 0 Å². The van der Waals surface area contributed by atoms with E-state index in [1.165, 1.54) is 11.1 Å². The zero-order valence-electron chi connectivity index (χ0n) is 19.3.